The van der Waals surface area contributed by atoms with Crippen molar-refractivity contribution in [1.29, 1.82) is 0 Å². The third kappa shape index (κ3) is 4.64. The van der Waals surface area contributed by atoms with Gasteiger partial charge in [-0.1, -0.05) is 69.9 Å². The number of thioether (sulfide) groups is 1. The Morgan fingerprint density at radius 3 is 2.50 bits per heavy atom. The van der Waals surface area contributed by atoms with Gasteiger partial charge in [0.1, 0.15) is 5.76 Å². The van der Waals surface area contributed by atoms with E-state index in [2.05, 4.69) is 69.2 Å². The molecule has 0 spiro atoms. The van der Waals surface area contributed by atoms with E-state index in [-0.39, 0.29) is 22.5 Å². The van der Waals surface area contributed by atoms with E-state index in [1.807, 2.05) is 6.07 Å². The van der Waals surface area contributed by atoms with Crippen LogP contribution in [0.25, 0.3) is 0 Å². The van der Waals surface area contributed by atoms with Gasteiger partial charge in [0.25, 0.3) is 5.91 Å². The van der Waals surface area contributed by atoms with Gasteiger partial charge in [0, 0.05) is 6.42 Å². The molecule has 0 atom stereocenters. The highest BCUT2D eigenvalue weighted by atomic mass is 32.2. The molecule has 0 unspecified atom stereocenters. The number of nitrogens with one attached hydrogen (secondary N) is 1. The number of hydrogen-bond donors (Lipinski definition) is 1. The molecule has 0 saturated heterocycles. The Morgan fingerprint density at radius 2 is 1.81 bits per heavy atom. The highest BCUT2D eigenvalue weighted by Crippen LogP contribution is 2.46. The first-order valence-electron chi connectivity index (χ1n) is 11.1. The number of amides is 1. The minimum Gasteiger partial charge on any atom is -0.456 e. The summed E-state index contributed by atoms with van der Waals surface area (Å²) in [5.74, 6) is 1.69. The summed E-state index contributed by atoms with van der Waals surface area (Å²) >= 11 is 2.98. The monoisotopic (exact) mass is 469 g/mol. The molecule has 1 aromatic carbocycles. The van der Waals surface area contributed by atoms with Crippen molar-refractivity contribution in [1.82, 2.24) is 10.2 Å². The number of rotatable bonds is 6. The number of fused-ring (bicyclic) bond motifs is 1. The van der Waals surface area contributed by atoms with Crippen LogP contribution in [0.1, 0.15) is 86.0 Å². The minimum absolute atomic E-state index is 0.165. The van der Waals surface area contributed by atoms with Crippen LogP contribution in [0.5, 0.6) is 0 Å². The van der Waals surface area contributed by atoms with Crippen LogP contribution in [0.2, 0.25) is 0 Å². The van der Waals surface area contributed by atoms with E-state index < -0.39 is 0 Å². The molecule has 32 heavy (non-hydrogen) atoms. The maximum Gasteiger partial charge on any atom is 0.293 e. The lowest BCUT2D eigenvalue weighted by Crippen LogP contribution is -2.34. The molecular weight excluding hydrogens is 438 g/mol. The molecule has 1 N–H and O–H groups in total. The summed E-state index contributed by atoms with van der Waals surface area (Å²) in [5.41, 5.74) is 5.79. The minimum atomic E-state index is -0.300. The maximum absolute atomic E-state index is 12.6. The molecule has 0 fully saturated rings. The molecular formula is C25H31N3O2S2. The molecule has 1 aliphatic carbocycles. The molecule has 7 heteroatoms. The van der Waals surface area contributed by atoms with Crippen molar-refractivity contribution in [2.24, 2.45) is 0 Å². The number of nitrogens with zero attached hydrogens (tertiary/aromatic N) is 2. The molecule has 170 valence electrons. The van der Waals surface area contributed by atoms with Crippen molar-refractivity contribution in [2.75, 3.05) is 11.1 Å². The Balaban J connectivity index is 1.52. The third-order valence-electron chi connectivity index (χ3n) is 6.45. The van der Waals surface area contributed by atoms with E-state index in [0.717, 1.165) is 15.9 Å². The Labute approximate surface area is 198 Å². The van der Waals surface area contributed by atoms with Gasteiger partial charge in [-0.25, -0.2) is 0 Å². The zero-order valence-corrected chi connectivity index (χ0v) is 21.3. The van der Waals surface area contributed by atoms with Crippen molar-refractivity contribution in [3.05, 3.63) is 58.0 Å². The predicted octanol–water partition coefficient (Wildman–Crippen LogP) is 6.74. The number of benzene rings is 1. The Hall–Kier alpha value is -2.12. The van der Waals surface area contributed by atoms with Crippen LogP contribution in [0.4, 0.5) is 5.13 Å². The molecule has 4 rings (SSSR count). The SMILES string of the molecule is CCSc1nnc(NC(=O)c2ccc(Cc3cc4c(cc3C)C(C)(C)CCC4(C)C)o2)s1. The van der Waals surface area contributed by atoms with Gasteiger partial charge in [-0.2, -0.15) is 0 Å². The van der Waals surface area contributed by atoms with E-state index in [0.29, 0.717) is 11.6 Å². The maximum atomic E-state index is 12.6. The van der Waals surface area contributed by atoms with Gasteiger partial charge >= 0.3 is 0 Å². The summed E-state index contributed by atoms with van der Waals surface area (Å²) in [6, 6.07) is 8.35. The van der Waals surface area contributed by atoms with Crippen LogP contribution < -0.4 is 5.32 Å². The zero-order chi connectivity index (χ0) is 23.1. The van der Waals surface area contributed by atoms with Gasteiger partial charge in [0.15, 0.2) is 10.1 Å². The number of aryl methyl sites for hydroxylation is 1. The molecule has 5 nitrogen and oxygen atoms in total. The molecule has 0 bridgehead atoms. The van der Waals surface area contributed by atoms with Crippen LogP contribution in [0.3, 0.4) is 0 Å². The van der Waals surface area contributed by atoms with E-state index in [4.69, 9.17) is 4.42 Å². The molecule has 3 aromatic rings. The van der Waals surface area contributed by atoms with E-state index in [1.165, 1.54) is 46.4 Å². The zero-order valence-electron chi connectivity index (χ0n) is 19.7. The van der Waals surface area contributed by atoms with Crippen molar-refractivity contribution in [3.63, 3.8) is 0 Å². The topological polar surface area (TPSA) is 68.0 Å². The van der Waals surface area contributed by atoms with Gasteiger partial charge in [0.05, 0.1) is 0 Å². The fourth-order valence-electron chi connectivity index (χ4n) is 4.34. The van der Waals surface area contributed by atoms with E-state index >= 15 is 0 Å². The van der Waals surface area contributed by atoms with Gasteiger partial charge in [0.2, 0.25) is 5.13 Å². The van der Waals surface area contributed by atoms with Crippen LogP contribution in [-0.2, 0) is 17.3 Å². The first kappa shape index (κ1) is 23.1. The standard InChI is InChI=1S/C25H31N3O2S2/c1-7-31-23-28-27-22(32-23)26-21(29)20-9-8-17(30-20)13-16-14-19-18(12-15(16)2)24(3,4)10-11-25(19,5)6/h8-9,12,14H,7,10-11,13H2,1-6H3,(H,26,27,29). The molecule has 1 aliphatic rings. The van der Waals surface area contributed by atoms with E-state index in [9.17, 15) is 4.79 Å². The number of aromatic nitrogens is 2. The summed E-state index contributed by atoms with van der Waals surface area (Å²) in [6.45, 7) is 13.6. The lowest BCUT2D eigenvalue weighted by molar-refractivity contribution is 0.0995. The highest BCUT2D eigenvalue weighted by Gasteiger charge is 2.37. The number of furan rings is 1. The molecule has 2 aromatic heterocycles. The van der Waals surface area contributed by atoms with E-state index in [1.54, 1.807) is 17.8 Å². The van der Waals surface area contributed by atoms with Gasteiger partial charge < -0.3 is 4.42 Å². The lowest BCUT2D eigenvalue weighted by atomic mass is 9.62. The summed E-state index contributed by atoms with van der Waals surface area (Å²) in [5, 5.41) is 11.4. The van der Waals surface area contributed by atoms with Crippen molar-refractivity contribution in [3.8, 4) is 0 Å². The molecule has 1 amide bonds. The number of carbonyl (C=O) groups is 1. The normalized spacial score (nSPS) is 16.6. The highest BCUT2D eigenvalue weighted by molar-refractivity contribution is 8.01. The number of carbonyl (C=O) groups excluding carboxylic acids is 1. The van der Waals surface area contributed by atoms with Crippen LogP contribution in [-0.4, -0.2) is 21.9 Å². The fraction of sp³-hybridized carbons (Fsp3) is 0.480. The third-order valence-corrected chi connectivity index (χ3v) is 8.31. The Bertz CT molecular complexity index is 1140. The van der Waals surface area contributed by atoms with Crippen molar-refractivity contribution in [2.45, 2.75) is 76.0 Å². The van der Waals surface area contributed by atoms with Gasteiger partial charge in [-0.3, -0.25) is 10.1 Å². The van der Waals surface area contributed by atoms with Gasteiger partial charge in [-0.05, 0) is 70.7 Å². The van der Waals surface area contributed by atoms with Crippen LogP contribution in [0, 0.1) is 6.92 Å². The summed E-state index contributed by atoms with van der Waals surface area (Å²) in [7, 11) is 0. The second kappa shape index (κ2) is 8.67. The summed E-state index contributed by atoms with van der Waals surface area (Å²) in [6.07, 6.45) is 3.05. The Morgan fingerprint density at radius 1 is 1.12 bits per heavy atom. The molecule has 0 radical (unpaired) electrons. The lowest BCUT2D eigenvalue weighted by Gasteiger charge is -2.42. The van der Waals surface area contributed by atoms with Crippen LogP contribution in [0.15, 0.2) is 33.0 Å². The predicted molar refractivity (Wildman–Crippen MR) is 132 cm³/mol. The quantitative estimate of drug-likeness (QED) is 0.320. The average Bonchev–Trinajstić information content (AvgIpc) is 3.37. The smallest absolute Gasteiger partial charge is 0.293 e. The largest absolute Gasteiger partial charge is 0.456 e. The van der Waals surface area contributed by atoms with Crippen LogP contribution >= 0.6 is 23.1 Å². The molecule has 2 heterocycles. The van der Waals surface area contributed by atoms with Crippen molar-refractivity contribution < 1.29 is 9.21 Å². The second-order valence-electron chi connectivity index (χ2n) is 9.80. The fourth-order valence-corrected chi connectivity index (χ4v) is 5.98. The molecule has 0 aliphatic heterocycles. The van der Waals surface area contributed by atoms with Gasteiger partial charge in [-0.15, -0.1) is 10.2 Å². The first-order valence-corrected chi connectivity index (χ1v) is 12.9. The Kier molecular flexibility index (Phi) is 6.25. The number of hydrogen-bond acceptors (Lipinski definition) is 6. The summed E-state index contributed by atoms with van der Waals surface area (Å²) < 4.78 is 6.75. The van der Waals surface area contributed by atoms with Crippen molar-refractivity contribution >= 4 is 34.1 Å². The number of anilines is 1. The summed E-state index contributed by atoms with van der Waals surface area (Å²) in [4.78, 5) is 12.6. The second-order valence-corrected chi connectivity index (χ2v) is 12.3. The average molecular weight is 470 g/mol. The first-order chi connectivity index (χ1) is 15.1. The molecule has 0 saturated carbocycles.